The van der Waals surface area contributed by atoms with Crippen molar-refractivity contribution in [2.24, 2.45) is 12.9 Å². The molecule has 4 heteroatoms. The lowest BCUT2D eigenvalue weighted by atomic mass is 9.99. The van der Waals surface area contributed by atoms with E-state index in [4.69, 9.17) is 5.84 Å². The van der Waals surface area contributed by atoms with Crippen LogP contribution in [0.15, 0.2) is 30.5 Å². The molecule has 0 aliphatic rings. The predicted octanol–water partition coefficient (Wildman–Crippen LogP) is 1.59. The first-order valence-corrected chi connectivity index (χ1v) is 5.64. The summed E-state index contributed by atoms with van der Waals surface area (Å²) in [6.07, 6.45) is 1.86. The highest BCUT2D eigenvalue weighted by Gasteiger charge is 2.16. The van der Waals surface area contributed by atoms with Crippen LogP contribution in [0.25, 0.3) is 0 Å². The van der Waals surface area contributed by atoms with Crippen LogP contribution in [0.5, 0.6) is 0 Å². The summed E-state index contributed by atoms with van der Waals surface area (Å²) in [6, 6.07) is 8.35. The molecule has 0 bridgehead atoms. The summed E-state index contributed by atoms with van der Waals surface area (Å²) in [4.78, 5) is 0. The van der Waals surface area contributed by atoms with Crippen molar-refractivity contribution in [2.75, 3.05) is 0 Å². The molecule has 0 aliphatic carbocycles. The third-order valence-corrected chi connectivity index (χ3v) is 3.16. The van der Waals surface area contributed by atoms with Gasteiger partial charge in [-0.05, 0) is 19.4 Å². The topological polar surface area (TPSA) is 55.9 Å². The van der Waals surface area contributed by atoms with Gasteiger partial charge in [0.05, 0.1) is 12.2 Å². The predicted molar refractivity (Wildman–Crippen MR) is 68.3 cm³/mol. The molecule has 1 heterocycles. The first kappa shape index (κ1) is 11.8. The van der Waals surface area contributed by atoms with Gasteiger partial charge in [-0.2, -0.15) is 5.10 Å². The quantitative estimate of drug-likeness (QED) is 0.622. The van der Waals surface area contributed by atoms with E-state index < -0.39 is 0 Å². The third-order valence-electron chi connectivity index (χ3n) is 3.16. The van der Waals surface area contributed by atoms with Crippen LogP contribution >= 0.6 is 0 Å². The normalized spacial score (nSPS) is 12.7. The summed E-state index contributed by atoms with van der Waals surface area (Å²) in [5, 5.41) is 4.25. The third kappa shape index (κ3) is 2.23. The lowest BCUT2D eigenvalue weighted by Gasteiger charge is -2.16. The van der Waals surface area contributed by atoms with Crippen molar-refractivity contribution in [3.8, 4) is 0 Å². The zero-order valence-corrected chi connectivity index (χ0v) is 10.4. The Morgan fingerprint density at radius 3 is 2.35 bits per heavy atom. The number of aryl methyl sites for hydroxylation is 2. The van der Waals surface area contributed by atoms with Gasteiger partial charge in [-0.1, -0.05) is 29.8 Å². The molecule has 1 aromatic carbocycles. The Balaban J connectivity index is 2.40. The summed E-state index contributed by atoms with van der Waals surface area (Å²) in [7, 11) is 1.93. The summed E-state index contributed by atoms with van der Waals surface area (Å²) in [6.45, 7) is 4.12. The lowest BCUT2D eigenvalue weighted by molar-refractivity contribution is 0.630. The van der Waals surface area contributed by atoms with E-state index in [2.05, 4.69) is 41.7 Å². The van der Waals surface area contributed by atoms with Crippen LogP contribution in [0.1, 0.15) is 28.4 Å². The Morgan fingerprint density at radius 1 is 1.24 bits per heavy atom. The van der Waals surface area contributed by atoms with Gasteiger partial charge in [0.25, 0.3) is 0 Å². The van der Waals surface area contributed by atoms with Crippen LogP contribution in [0.4, 0.5) is 0 Å². The number of hydrogen-bond donors (Lipinski definition) is 2. The molecule has 1 unspecified atom stereocenters. The maximum absolute atomic E-state index is 5.67. The number of nitrogens with two attached hydrogens (primary N) is 1. The van der Waals surface area contributed by atoms with Gasteiger partial charge in [-0.25, -0.2) is 5.43 Å². The Morgan fingerprint density at radius 2 is 1.88 bits per heavy atom. The fourth-order valence-electron chi connectivity index (χ4n) is 1.92. The number of rotatable bonds is 3. The minimum Gasteiger partial charge on any atom is -0.273 e. The summed E-state index contributed by atoms with van der Waals surface area (Å²) < 4.78 is 1.86. The SMILES string of the molecule is Cc1ccc(C(NN)c2cnn(C)c2C)cc1. The second-order valence-electron chi connectivity index (χ2n) is 4.32. The van der Waals surface area contributed by atoms with Gasteiger partial charge in [0.15, 0.2) is 0 Å². The van der Waals surface area contributed by atoms with Gasteiger partial charge < -0.3 is 0 Å². The number of hydrazine groups is 1. The lowest BCUT2D eigenvalue weighted by Crippen LogP contribution is -2.29. The van der Waals surface area contributed by atoms with Crippen molar-refractivity contribution < 1.29 is 0 Å². The zero-order valence-electron chi connectivity index (χ0n) is 10.4. The first-order valence-electron chi connectivity index (χ1n) is 5.64. The molecule has 90 valence electrons. The standard InChI is InChI=1S/C13H18N4/c1-9-4-6-11(7-5-9)13(16-14)12-8-15-17(3)10(12)2/h4-8,13,16H,14H2,1-3H3. The molecule has 0 saturated heterocycles. The Labute approximate surface area is 101 Å². The van der Waals surface area contributed by atoms with E-state index in [1.165, 1.54) is 5.56 Å². The van der Waals surface area contributed by atoms with Gasteiger partial charge in [-0.15, -0.1) is 0 Å². The molecule has 3 N–H and O–H groups in total. The number of nitrogens with zero attached hydrogens (tertiary/aromatic N) is 2. The van der Waals surface area contributed by atoms with Crippen LogP contribution in [-0.4, -0.2) is 9.78 Å². The molecule has 0 amide bonds. The smallest absolute Gasteiger partial charge is 0.0743 e. The highest BCUT2D eigenvalue weighted by atomic mass is 15.3. The molecule has 0 aliphatic heterocycles. The van der Waals surface area contributed by atoms with E-state index in [1.54, 1.807) is 0 Å². The van der Waals surface area contributed by atoms with E-state index in [-0.39, 0.29) is 6.04 Å². The van der Waals surface area contributed by atoms with Crippen molar-refractivity contribution >= 4 is 0 Å². The van der Waals surface area contributed by atoms with Crippen LogP contribution in [0.2, 0.25) is 0 Å². The molecular formula is C13H18N4. The van der Waals surface area contributed by atoms with Crippen molar-refractivity contribution in [3.63, 3.8) is 0 Å². The minimum absolute atomic E-state index is 0.00991. The van der Waals surface area contributed by atoms with E-state index in [0.717, 1.165) is 16.8 Å². The van der Waals surface area contributed by atoms with Crippen molar-refractivity contribution in [1.29, 1.82) is 0 Å². The molecule has 1 aromatic heterocycles. The van der Waals surface area contributed by atoms with E-state index in [1.807, 2.05) is 24.9 Å². The molecule has 2 rings (SSSR count). The Bertz CT molecular complexity index is 499. The van der Waals surface area contributed by atoms with E-state index >= 15 is 0 Å². The van der Waals surface area contributed by atoms with E-state index in [9.17, 15) is 0 Å². The molecule has 0 fully saturated rings. The van der Waals surface area contributed by atoms with Crippen molar-refractivity contribution in [3.05, 3.63) is 52.8 Å². The monoisotopic (exact) mass is 230 g/mol. The number of benzene rings is 1. The number of nitrogens with one attached hydrogen (secondary N) is 1. The Hall–Kier alpha value is -1.65. The number of hydrogen-bond acceptors (Lipinski definition) is 3. The van der Waals surface area contributed by atoms with Crippen LogP contribution in [0, 0.1) is 13.8 Å². The largest absolute Gasteiger partial charge is 0.273 e. The van der Waals surface area contributed by atoms with Gasteiger partial charge in [0, 0.05) is 18.3 Å². The van der Waals surface area contributed by atoms with Crippen LogP contribution in [-0.2, 0) is 7.05 Å². The Kier molecular flexibility index (Phi) is 3.26. The van der Waals surface area contributed by atoms with Gasteiger partial charge in [-0.3, -0.25) is 10.5 Å². The maximum Gasteiger partial charge on any atom is 0.0743 e. The molecule has 2 aromatic rings. The average molecular weight is 230 g/mol. The number of aromatic nitrogens is 2. The van der Waals surface area contributed by atoms with Crippen LogP contribution < -0.4 is 11.3 Å². The highest BCUT2D eigenvalue weighted by Crippen LogP contribution is 2.23. The van der Waals surface area contributed by atoms with Gasteiger partial charge in [0.2, 0.25) is 0 Å². The van der Waals surface area contributed by atoms with Crippen molar-refractivity contribution in [1.82, 2.24) is 15.2 Å². The van der Waals surface area contributed by atoms with E-state index in [0.29, 0.717) is 0 Å². The molecule has 17 heavy (non-hydrogen) atoms. The maximum atomic E-state index is 5.67. The molecule has 4 nitrogen and oxygen atoms in total. The fourth-order valence-corrected chi connectivity index (χ4v) is 1.92. The molecule has 1 atom stereocenters. The molecule has 0 saturated carbocycles. The first-order chi connectivity index (χ1) is 8.13. The second kappa shape index (κ2) is 4.69. The second-order valence-corrected chi connectivity index (χ2v) is 4.32. The average Bonchev–Trinajstić information content (AvgIpc) is 2.65. The summed E-state index contributed by atoms with van der Waals surface area (Å²) in [5.74, 6) is 5.67. The summed E-state index contributed by atoms with van der Waals surface area (Å²) in [5.41, 5.74) is 7.47. The summed E-state index contributed by atoms with van der Waals surface area (Å²) >= 11 is 0. The van der Waals surface area contributed by atoms with Gasteiger partial charge in [0.1, 0.15) is 0 Å². The fraction of sp³-hybridized carbons (Fsp3) is 0.308. The zero-order chi connectivity index (χ0) is 12.4. The van der Waals surface area contributed by atoms with Gasteiger partial charge >= 0.3 is 0 Å². The van der Waals surface area contributed by atoms with Crippen LogP contribution in [0.3, 0.4) is 0 Å². The highest BCUT2D eigenvalue weighted by molar-refractivity contribution is 5.34. The molecule has 0 spiro atoms. The van der Waals surface area contributed by atoms with Crippen molar-refractivity contribution in [2.45, 2.75) is 19.9 Å². The molecular weight excluding hydrogens is 212 g/mol. The molecule has 0 radical (unpaired) electrons. The minimum atomic E-state index is -0.00991.